The molecule has 0 aliphatic heterocycles. The summed E-state index contributed by atoms with van der Waals surface area (Å²) in [6, 6.07) is 13.3. The lowest BCUT2D eigenvalue weighted by molar-refractivity contribution is 0.102. The van der Waals surface area contributed by atoms with E-state index in [2.05, 4.69) is 10.5 Å². The topological polar surface area (TPSA) is 64.4 Å². The van der Waals surface area contributed by atoms with Crippen molar-refractivity contribution < 1.29 is 14.1 Å². The van der Waals surface area contributed by atoms with Crippen LogP contribution in [0.5, 0.6) is 5.75 Å². The summed E-state index contributed by atoms with van der Waals surface area (Å²) in [4.78, 5) is 12.6. The van der Waals surface area contributed by atoms with Crippen molar-refractivity contribution in [3.8, 4) is 17.1 Å². The highest BCUT2D eigenvalue weighted by Gasteiger charge is 2.19. The second kappa shape index (κ2) is 6.58. The first-order valence-corrected chi connectivity index (χ1v) is 7.56. The summed E-state index contributed by atoms with van der Waals surface area (Å²) in [5.74, 6) is 0.747. The van der Waals surface area contributed by atoms with E-state index < -0.39 is 0 Å². The molecule has 0 saturated carbocycles. The molecular formula is C19H18N2O3. The zero-order valence-corrected chi connectivity index (χ0v) is 13.8. The van der Waals surface area contributed by atoms with Crippen LogP contribution in [-0.2, 0) is 0 Å². The predicted octanol–water partition coefficient (Wildman–Crippen LogP) is 4.22. The Morgan fingerprint density at radius 1 is 1.08 bits per heavy atom. The molecule has 0 saturated heterocycles. The Labute approximate surface area is 140 Å². The molecule has 0 spiro atoms. The minimum Gasteiger partial charge on any atom is -0.495 e. The lowest BCUT2D eigenvalue weighted by Gasteiger charge is -2.10. The van der Waals surface area contributed by atoms with Gasteiger partial charge in [-0.1, -0.05) is 41.1 Å². The van der Waals surface area contributed by atoms with E-state index in [1.54, 1.807) is 7.11 Å². The van der Waals surface area contributed by atoms with E-state index in [0.29, 0.717) is 22.8 Å². The molecule has 5 heteroatoms. The van der Waals surface area contributed by atoms with Crippen molar-refractivity contribution in [2.75, 3.05) is 12.4 Å². The van der Waals surface area contributed by atoms with Crippen LogP contribution in [-0.4, -0.2) is 18.2 Å². The van der Waals surface area contributed by atoms with E-state index in [1.807, 2.05) is 56.3 Å². The number of aryl methyl sites for hydroxylation is 2. The lowest BCUT2D eigenvalue weighted by Crippen LogP contribution is -2.13. The summed E-state index contributed by atoms with van der Waals surface area (Å²) in [6.45, 7) is 3.95. The fourth-order valence-corrected chi connectivity index (χ4v) is 2.42. The van der Waals surface area contributed by atoms with E-state index in [9.17, 15) is 4.79 Å². The Kier molecular flexibility index (Phi) is 4.33. The van der Waals surface area contributed by atoms with Crippen LogP contribution in [0.25, 0.3) is 11.3 Å². The Balaban J connectivity index is 1.91. The van der Waals surface area contributed by atoms with Crippen molar-refractivity contribution in [1.82, 2.24) is 5.16 Å². The van der Waals surface area contributed by atoms with Gasteiger partial charge in [-0.2, -0.15) is 0 Å². The number of hydrogen-bond donors (Lipinski definition) is 1. The Bertz CT molecular complexity index is 867. The standard InChI is InChI=1S/C19H18N2O3/c1-12-4-7-14(8-5-12)18-15(11-20-24-18)19(22)21-16-10-13(2)6-9-17(16)23-3/h4-11H,1-3H3,(H,21,22). The van der Waals surface area contributed by atoms with Crippen LogP contribution >= 0.6 is 0 Å². The fourth-order valence-electron chi connectivity index (χ4n) is 2.42. The maximum atomic E-state index is 12.6. The Hall–Kier alpha value is -3.08. The second-order valence-electron chi connectivity index (χ2n) is 5.59. The van der Waals surface area contributed by atoms with Gasteiger partial charge in [0.1, 0.15) is 11.3 Å². The highest BCUT2D eigenvalue weighted by Crippen LogP contribution is 2.28. The van der Waals surface area contributed by atoms with Crippen LogP contribution in [0.3, 0.4) is 0 Å². The van der Waals surface area contributed by atoms with Gasteiger partial charge in [0, 0.05) is 5.56 Å². The average Bonchev–Trinajstić information content (AvgIpc) is 3.05. The van der Waals surface area contributed by atoms with Gasteiger partial charge in [0.2, 0.25) is 0 Å². The smallest absolute Gasteiger partial charge is 0.261 e. The number of methoxy groups -OCH3 is 1. The third kappa shape index (κ3) is 3.15. The van der Waals surface area contributed by atoms with Crippen LogP contribution < -0.4 is 10.1 Å². The molecule has 0 aliphatic rings. The summed E-state index contributed by atoms with van der Waals surface area (Å²) in [6.07, 6.45) is 1.42. The zero-order chi connectivity index (χ0) is 17.1. The first-order chi connectivity index (χ1) is 11.6. The summed E-state index contributed by atoms with van der Waals surface area (Å²) >= 11 is 0. The summed E-state index contributed by atoms with van der Waals surface area (Å²) < 4.78 is 10.6. The Morgan fingerprint density at radius 2 is 1.79 bits per heavy atom. The number of carbonyl (C=O) groups excluding carboxylic acids is 1. The first-order valence-electron chi connectivity index (χ1n) is 7.56. The van der Waals surface area contributed by atoms with Crippen LogP contribution in [0.15, 0.2) is 53.2 Å². The predicted molar refractivity (Wildman–Crippen MR) is 92.4 cm³/mol. The number of nitrogens with zero attached hydrogens (tertiary/aromatic N) is 1. The molecule has 0 bridgehead atoms. The monoisotopic (exact) mass is 322 g/mol. The van der Waals surface area contributed by atoms with Gasteiger partial charge in [-0.05, 0) is 31.5 Å². The average molecular weight is 322 g/mol. The first kappa shape index (κ1) is 15.8. The number of rotatable bonds is 4. The van der Waals surface area contributed by atoms with Gasteiger partial charge < -0.3 is 14.6 Å². The minimum absolute atomic E-state index is 0.296. The number of nitrogens with one attached hydrogen (secondary N) is 1. The highest BCUT2D eigenvalue weighted by molar-refractivity contribution is 6.08. The Morgan fingerprint density at radius 3 is 2.50 bits per heavy atom. The molecule has 0 unspecified atom stereocenters. The van der Waals surface area contributed by atoms with E-state index in [0.717, 1.165) is 16.7 Å². The van der Waals surface area contributed by atoms with Crippen molar-refractivity contribution in [2.45, 2.75) is 13.8 Å². The number of benzene rings is 2. The van der Waals surface area contributed by atoms with Gasteiger partial charge in [-0.3, -0.25) is 4.79 Å². The van der Waals surface area contributed by atoms with E-state index >= 15 is 0 Å². The molecular weight excluding hydrogens is 304 g/mol. The molecule has 1 heterocycles. The van der Waals surface area contributed by atoms with Crippen molar-refractivity contribution in [2.24, 2.45) is 0 Å². The van der Waals surface area contributed by atoms with Crippen LogP contribution in [0.4, 0.5) is 5.69 Å². The number of hydrogen-bond acceptors (Lipinski definition) is 4. The van der Waals surface area contributed by atoms with Crippen molar-refractivity contribution in [3.05, 3.63) is 65.4 Å². The van der Waals surface area contributed by atoms with Crippen LogP contribution in [0.2, 0.25) is 0 Å². The lowest BCUT2D eigenvalue weighted by atomic mass is 10.1. The van der Waals surface area contributed by atoms with E-state index in [1.165, 1.54) is 6.20 Å². The molecule has 1 N–H and O–H groups in total. The maximum Gasteiger partial charge on any atom is 0.261 e. The largest absolute Gasteiger partial charge is 0.495 e. The fraction of sp³-hybridized carbons (Fsp3) is 0.158. The number of aromatic nitrogens is 1. The van der Waals surface area contributed by atoms with Gasteiger partial charge in [0.05, 0.1) is 19.0 Å². The molecule has 24 heavy (non-hydrogen) atoms. The van der Waals surface area contributed by atoms with Crippen molar-refractivity contribution in [1.29, 1.82) is 0 Å². The minimum atomic E-state index is -0.296. The van der Waals surface area contributed by atoms with Gasteiger partial charge in [0.15, 0.2) is 5.76 Å². The third-order valence-electron chi connectivity index (χ3n) is 3.73. The van der Waals surface area contributed by atoms with Gasteiger partial charge in [-0.25, -0.2) is 0 Å². The van der Waals surface area contributed by atoms with E-state index in [4.69, 9.17) is 9.26 Å². The van der Waals surface area contributed by atoms with Crippen molar-refractivity contribution >= 4 is 11.6 Å². The number of anilines is 1. The highest BCUT2D eigenvalue weighted by atomic mass is 16.5. The molecule has 1 aromatic heterocycles. The normalized spacial score (nSPS) is 10.5. The van der Waals surface area contributed by atoms with Gasteiger partial charge >= 0.3 is 0 Å². The maximum absolute atomic E-state index is 12.6. The number of amides is 1. The summed E-state index contributed by atoms with van der Waals surface area (Å²) in [5, 5.41) is 6.64. The molecule has 122 valence electrons. The zero-order valence-electron chi connectivity index (χ0n) is 13.8. The molecule has 2 aromatic carbocycles. The molecule has 0 fully saturated rings. The summed E-state index contributed by atoms with van der Waals surface area (Å²) in [5.41, 5.74) is 3.95. The molecule has 3 aromatic rings. The molecule has 0 atom stereocenters. The van der Waals surface area contributed by atoms with Gasteiger partial charge in [-0.15, -0.1) is 0 Å². The number of carbonyl (C=O) groups is 1. The van der Waals surface area contributed by atoms with Crippen molar-refractivity contribution in [3.63, 3.8) is 0 Å². The second-order valence-corrected chi connectivity index (χ2v) is 5.59. The molecule has 5 nitrogen and oxygen atoms in total. The summed E-state index contributed by atoms with van der Waals surface area (Å²) in [7, 11) is 1.57. The molecule has 1 amide bonds. The quantitative estimate of drug-likeness (QED) is 0.781. The van der Waals surface area contributed by atoms with E-state index in [-0.39, 0.29) is 5.91 Å². The molecule has 3 rings (SSSR count). The molecule has 0 radical (unpaired) electrons. The third-order valence-corrected chi connectivity index (χ3v) is 3.73. The molecule has 0 aliphatic carbocycles. The SMILES string of the molecule is COc1ccc(C)cc1NC(=O)c1cnoc1-c1ccc(C)cc1. The number of ether oxygens (including phenoxy) is 1. The van der Waals surface area contributed by atoms with Crippen LogP contribution in [0.1, 0.15) is 21.5 Å². The van der Waals surface area contributed by atoms with Crippen LogP contribution in [0, 0.1) is 13.8 Å². The van der Waals surface area contributed by atoms with Gasteiger partial charge in [0.25, 0.3) is 5.91 Å².